The third-order valence-electron chi connectivity index (χ3n) is 6.04. The number of hydrogen-bond donors (Lipinski definition) is 2. The van der Waals surface area contributed by atoms with E-state index in [1.807, 2.05) is 18.7 Å². The minimum atomic E-state index is -0.726. The van der Waals surface area contributed by atoms with Crippen LogP contribution in [0.3, 0.4) is 0 Å². The first kappa shape index (κ1) is 22.3. The third-order valence-corrected chi connectivity index (χ3v) is 6.60. The number of halogens is 3. The van der Waals surface area contributed by atoms with Gasteiger partial charge in [0.25, 0.3) is 0 Å². The molecule has 1 aromatic carbocycles. The van der Waals surface area contributed by atoms with Gasteiger partial charge in [0, 0.05) is 23.1 Å². The second-order valence-electron chi connectivity index (χ2n) is 7.55. The number of fused-ring (bicyclic) bond motifs is 1. The van der Waals surface area contributed by atoms with Crippen LogP contribution in [0.25, 0.3) is 0 Å². The number of nitrogens with one attached hydrogen (secondary N) is 1. The summed E-state index contributed by atoms with van der Waals surface area (Å²) in [4.78, 5) is 26.5. The van der Waals surface area contributed by atoms with Gasteiger partial charge in [0.05, 0.1) is 17.5 Å². The molecule has 2 N–H and O–H groups in total. The molecule has 1 heterocycles. The van der Waals surface area contributed by atoms with Gasteiger partial charge in [-0.3, -0.25) is 14.5 Å². The second-order valence-corrected chi connectivity index (χ2v) is 8.40. The zero-order valence-electron chi connectivity index (χ0n) is 15.4. The summed E-state index contributed by atoms with van der Waals surface area (Å²) in [6.45, 7) is 4.81. The number of carbonyl (C=O) groups excluding carboxylic acids is 1. The van der Waals surface area contributed by atoms with Gasteiger partial charge in [0.2, 0.25) is 5.91 Å². The van der Waals surface area contributed by atoms with Crippen LogP contribution in [0.5, 0.6) is 0 Å². The predicted octanol–water partition coefficient (Wildman–Crippen LogP) is 4.17. The fourth-order valence-electron chi connectivity index (χ4n) is 4.40. The Labute approximate surface area is 175 Å². The topological polar surface area (TPSA) is 69.6 Å². The summed E-state index contributed by atoms with van der Waals surface area (Å²) in [5.41, 5.74) is 0.122. The van der Waals surface area contributed by atoms with Crippen molar-refractivity contribution < 1.29 is 14.7 Å². The Balaban J connectivity index is 0.00000261. The summed E-state index contributed by atoms with van der Waals surface area (Å²) in [6, 6.07) is 4.56. The maximum Gasteiger partial charge on any atom is 0.311 e. The molecule has 1 saturated heterocycles. The highest BCUT2D eigenvalue weighted by Gasteiger charge is 2.55. The Morgan fingerprint density at radius 2 is 2.04 bits per heavy atom. The van der Waals surface area contributed by atoms with Gasteiger partial charge in [-0.1, -0.05) is 35.7 Å². The molecule has 0 radical (unpaired) electrons. The summed E-state index contributed by atoms with van der Waals surface area (Å²) in [7, 11) is 0. The average molecular weight is 436 g/mol. The van der Waals surface area contributed by atoms with Crippen LogP contribution in [0, 0.1) is 11.3 Å². The van der Waals surface area contributed by atoms with E-state index in [9.17, 15) is 14.7 Å². The molecule has 150 valence electrons. The number of nitrogens with zero attached hydrogens (tertiary/aromatic N) is 1. The summed E-state index contributed by atoms with van der Waals surface area (Å²) in [5, 5.41) is 13.8. The second kappa shape index (κ2) is 8.56. The maximum atomic E-state index is 12.7. The van der Waals surface area contributed by atoms with Crippen LogP contribution in [0.1, 0.15) is 44.7 Å². The SMILES string of the molecule is CC(NC(=O)C(C)N1C[C@@H]2CCC[C@@]2(C(=O)O)C1)c1ccc(Cl)cc1Cl.Cl. The Hall–Kier alpha value is -1.01. The number of carboxylic acids is 1. The van der Waals surface area contributed by atoms with Gasteiger partial charge in [0.1, 0.15) is 0 Å². The Bertz CT molecular complexity index is 730. The molecule has 0 bridgehead atoms. The molecule has 2 fully saturated rings. The van der Waals surface area contributed by atoms with E-state index in [1.165, 1.54) is 0 Å². The monoisotopic (exact) mass is 434 g/mol. The molecule has 4 atom stereocenters. The number of benzene rings is 1. The summed E-state index contributed by atoms with van der Waals surface area (Å²) >= 11 is 12.1. The lowest BCUT2D eigenvalue weighted by Gasteiger charge is -2.27. The molecule has 3 rings (SSSR count). The third kappa shape index (κ3) is 4.21. The quantitative estimate of drug-likeness (QED) is 0.728. The minimum Gasteiger partial charge on any atom is -0.481 e. The molecular formula is C19H25Cl3N2O3. The van der Waals surface area contributed by atoms with Gasteiger partial charge in [0.15, 0.2) is 0 Å². The van der Waals surface area contributed by atoms with E-state index < -0.39 is 11.4 Å². The first-order chi connectivity index (χ1) is 12.2. The number of aliphatic carboxylic acids is 1. The first-order valence-electron chi connectivity index (χ1n) is 8.97. The molecule has 2 unspecified atom stereocenters. The molecule has 2 aliphatic rings. The smallest absolute Gasteiger partial charge is 0.311 e. The fraction of sp³-hybridized carbons (Fsp3) is 0.579. The molecule has 1 aliphatic heterocycles. The average Bonchev–Trinajstić information content (AvgIpc) is 3.11. The zero-order valence-corrected chi connectivity index (χ0v) is 17.7. The lowest BCUT2D eigenvalue weighted by atomic mass is 9.81. The summed E-state index contributed by atoms with van der Waals surface area (Å²) in [6.07, 6.45) is 2.58. The summed E-state index contributed by atoms with van der Waals surface area (Å²) < 4.78 is 0. The van der Waals surface area contributed by atoms with Gasteiger partial charge >= 0.3 is 5.97 Å². The van der Waals surface area contributed by atoms with Crippen molar-refractivity contribution >= 4 is 47.5 Å². The van der Waals surface area contributed by atoms with Gasteiger partial charge in [-0.25, -0.2) is 0 Å². The molecule has 5 nitrogen and oxygen atoms in total. The molecule has 1 aliphatic carbocycles. The standard InChI is InChI=1S/C19H24Cl2N2O3.ClH/c1-11(15-6-5-14(20)8-16(15)21)22-17(24)12(2)23-9-13-4-3-7-19(13,10-23)18(25)26;/h5-6,8,11-13H,3-4,7,9-10H2,1-2H3,(H,22,24)(H,25,26);1H/t11?,12?,13-,19+;/m0./s1. The van der Waals surface area contributed by atoms with E-state index in [2.05, 4.69) is 5.32 Å². The van der Waals surface area contributed by atoms with E-state index in [0.29, 0.717) is 29.6 Å². The minimum absolute atomic E-state index is 0. The highest BCUT2D eigenvalue weighted by molar-refractivity contribution is 6.35. The number of hydrogen-bond acceptors (Lipinski definition) is 3. The molecule has 0 spiro atoms. The first-order valence-corrected chi connectivity index (χ1v) is 9.73. The Morgan fingerprint density at radius 3 is 2.63 bits per heavy atom. The van der Waals surface area contributed by atoms with Crippen molar-refractivity contribution in [3.05, 3.63) is 33.8 Å². The van der Waals surface area contributed by atoms with Crippen LogP contribution in [0.2, 0.25) is 10.0 Å². The number of likely N-dealkylation sites (tertiary alicyclic amines) is 1. The van der Waals surface area contributed by atoms with Gasteiger partial charge < -0.3 is 10.4 Å². The van der Waals surface area contributed by atoms with Crippen molar-refractivity contribution in [1.82, 2.24) is 10.2 Å². The van der Waals surface area contributed by atoms with E-state index >= 15 is 0 Å². The molecule has 1 saturated carbocycles. The van der Waals surface area contributed by atoms with Crippen LogP contribution in [0.15, 0.2) is 18.2 Å². The van der Waals surface area contributed by atoms with Crippen LogP contribution < -0.4 is 5.32 Å². The van der Waals surface area contributed by atoms with Gasteiger partial charge in [-0.05, 0) is 50.3 Å². The zero-order chi connectivity index (χ0) is 19.1. The lowest BCUT2D eigenvalue weighted by Crippen LogP contribution is -2.46. The van der Waals surface area contributed by atoms with E-state index in [4.69, 9.17) is 23.2 Å². The van der Waals surface area contributed by atoms with Crippen molar-refractivity contribution in [2.75, 3.05) is 13.1 Å². The number of rotatable bonds is 5. The van der Waals surface area contributed by atoms with E-state index in [-0.39, 0.29) is 36.3 Å². The molecule has 0 aromatic heterocycles. The Kier molecular flexibility index (Phi) is 7.06. The largest absolute Gasteiger partial charge is 0.481 e. The van der Waals surface area contributed by atoms with Crippen molar-refractivity contribution in [3.63, 3.8) is 0 Å². The number of carbonyl (C=O) groups is 2. The van der Waals surface area contributed by atoms with Crippen LogP contribution in [-0.4, -0.2) is 41.0 Å². The van der Waals surface area contributed by atoms with Crippen molar-refractivity contribution in [2.45, 2.75) is 45.2 Å². The Morgan fingerprint density at radius 1 is 1.33 bits per heavy atom. The summed E-state index contributed by atoms with van der Waals surface area (Å²) in [5.74, 6) is -0.709. The predicted molar refractivity (Wildman–Crippen MR) is 109 cm³/mol. The highest BCUT2D eigenvalue weighted by Crippen LogP contribution is 2.49. The normalized spacial score (nSPS) is 26.7. The molecule has 1 aromatic rings. The molecule has 1 amide bonds. The van der Waals surface area contributed by atoms with E-state index in [1.54, 1.807) is 18.2 Å². The van der Waals surface area contributed by atoms with Crippen LogP contribution in [-0.2, 0) is 9.59 Å². The molecular weight excluding hydrogens is 411 g/mol. The maximum absolute atomic E-state index is 12.7. The van der Waals surface area contributed by atoms with Gasteiger partial charge in [-0.2, -0.15) is 0 Å². The van der Waals surface area contributed by atoms with E-state index in [0.717, 1.165) is 18.4 Å². The molecule has 27 heavy (non-hydrogen) atoms. The van der Waals surface area contributed by atoms with Crippen molar-refractivity contribution in [2.24, 2.45) is 11.3 Å². The number of amides is 1. The van der Waals surface area contributed by atoms with Crippen LogP contribution >= 0.6 is 35.6 Å². The lowest BCUT2D eigenvalue weighted by molar-refractivity contribution is -0.149. The molecule has 8 heteroatoms. The van der Waals surface area contributed by atoms with Gasteiger partial charge in [-0.15, -0.1) is 12.4 Å². The van der Waals surface area contributed by atoms with Crippen molar-refractivity contribution in [3.8, 4) is 0 Å². The number of carboxylic acid groups (broad SMARTS) is 1. The van der Waals surface area contributed by atoms with Crippen molar-refractivity contribution in [1.29, 1.82) is 0 Å². The fourth-order valence-corrected chi connectivity index (χ4v) is 4.98. The highest BCUT2D eigenvalue weighted by atomic mass is 35.5. The van der Waals surface area contributed by atoms with Crippen LogP contribution in [0.4, 0.5) is 0 Å².